The molecule has 0 spiro atoms. The van der Waals surface area contributed by atoms with E-state index in [4.69, 9.17) is 18.8 Å². The highest BCUT2D eigenvalue weighted by atomic mass is 32.3. The van der Waals surface area contributed by atoms with Crippen molar-refractivity contribution in [2.45, 2.75) is 67.0 Å². The maximum absolute atomic E-state index is 11.2. The van der Waals surface area contributed by atoms with E-state index < -0.39 is 77.6 Å². The van der Waals surface area contributed by atoms with Crippen LogP contribution >= 0.6 is 11.8 Å². The zero-order valence-electron chi connectivity index (χ0n) is 19.1. The zero-order chi connectivity index (χ0) is 27.3. The minimum atomic E-state index is -5.06. The van der Waals surface area contributed by atoms with Gasteiger partial charge in [0.15, 0.2) is 6.29 Å². The lowest BCUT2D eigenvalue weighted by molar-refractivity contribution is -0.283. The first kappa shape index (κ1) is 30.1. The van der Waals surface area contributed by atoms with E-state index in [0.717, 1.165) is 0 Å². The van der Waals surface area contributed by atoms with Crippen molar-refractivity contribution < 1.29 is 67.2 Å². The summed E-state index contributed by atoms with van der Waals surface area (Å²) in [6.45, 7) is -1.06. The van der Waals surface area contributed by atoms with Gasteiger partial charge in [0.25, 0.3) is 0 Å². The molecular formula is C20H29NO14S2. The summed E-state index contributed by atoms with van der Waals surface area (Å²) in [6.07, 6.45) is -13.8. The fourth-order valence-electron chi connectivity index (χ4n) is 3.63. The van der Waals surface area contributed by atoms with E-state index in [-0.39, 0.29) is 18.1 Å². The molecule has 3 rings (SSSR count). The lowest BCUT2D eigenvalue weighted by Gasteiger charge is -2.40. The Balaban J connectivity index is 1.87. The van der Waals surface area contributed by atoms with E-state index in [1.807, 2.05) is 0 Å². The molecule has 1 aromatic rings. The predicted octanol–water partition coefficient (Wildman–Crippen LogP) is -2.76. The standard InChI is InChI=1S/C20H29NO14S2/c22-7-12-15(25)16(26)18(28)20(34-12)36-13(21-35-37(29,30)31)6-11(9-4-2-1-3-5-9)33-19-17(27)14(24)10(23)8-32-19/h1-5,10-12,14-20,22-28H,6-8H2,(H,29,30,31)/b21-13+/t10-,11+,12+,14-,15+,16-,17-,18-,19-,20-/m1/s1. The normalized spacial score (nSPS) is 36.2. The molecule has 2 aliphatic heterocycles. The second-order valence-corrected chi connectivity index (χ2v) is 10.5. The van der Waals surface area contributed by atoms with Gasteiger partial charge < -0.3 is 50.0 Å². The molecule has 8 N–H and O–H groups in total. The van der Waals surface area contributed by atoms with Gasteiger partial charge in [-0.1, -0.05) is 47.2 Å². The Labute approximate surface area is 215 Å². The highest BCUT2D eigenvalue weighted by Gasteiger charge is 2.45. The van der Waals surface area contributed by atoms with Crippen molar-refractivity contribution in [2.24, 2.45) is 5.16 Å². The average molecular weight is 572 g/mol. The summed E-state index contributed by atoms with van der Waals surface area (Å²) in [5.41, 5.74) is -0.919. The number of aliphatic hydroxyl groups excluding tert-OH is 7. The molecule has 0 aliphatic carbocycles. The number of oxime groups is 1. The van der Waals surface area contributed by atoms with Crippen molar-refractivity contribution >= 4 is 27.2 Å². The number of aliphatic hydroxyl groups is 7. The molecule has 37 heavy (non-hydrogen) atoms. The van der Waals surface area contributed by atoms with Crippen molar-refractivity contribution in [3.63, 3.8) is 0 Å². The van der Waals surface area contributed by atoms with Crippen molar-refractivity contribution in [1.82, 2.24) is 0 Å². The van der Waals surface area contributed by atoms with Crippen LogP contribution in [0.25, 0.3) is 0 Å². The van der Waals surface area contributed by atoms with E-state index in [1.165, 1.54) is 0 Å². The molecule has 2 heterocycles. The Morgan fingerprint density at radius 2 is 1.70 bits per heavy atom. The topological polar surface area (TPSA) is 245 Å². The van der Waals surface area contributed by atoms with Crippen LogP contribution in [0, 0.1) is 0 Å². The highest BCUT2D eigenvalue weighted by Crippen LogP contribution is 2.34. The van der Waals surface area contributed by atoms with Gasteiger partial charge in [0.2, 0.25) is 0 Å². The molecule has 17 heteroatoms. The van der Waals surface area contributed by atoms with E-state index in [9.17, 15) is 44.2 Å². The van der Waals surface area contributed by atoms with Crippen LogP contribution in [0.5, 0.6) is 0 Å². The Hall–Kier alpha value is -1.45. The first-order valence-corrected chi connectivity index (χ1v) is 13.2. The van der Waals surface area contributed by atoms with Gasteiger partial charge >= 0.3 is 10.4 Å². The number of thioether (sulfide) groups is 1. The number of nitrogens with zero attached hydrogens (tertiary/aromatic N) is 1. The third-order valence-corrected chi connectivity index (χ3v) is 7.02. The second kappa shape index (κ2) is 13.1. The zero-order valence-corrected chi connectivity index (χ0v) is 20.7. The Bertz CT molecular complexity index is 996. The molecule has 0 saturated carbocycles. The number of hydrogen-bond donors (Lipinski definition) is 8. The number of benzene rings is 1. The molecule has 2 fully saturated rings. The SMILES string of the molecule is O=S(=O)(O)O/N=C(\C[C@H](O[C@H]1OC[C@@H](O)[C@@H](O)[C@H]1O)c1ccccc1)S[C@H]1O[C@@H](CO)[C@H](O)[C@@H](O)[C@H]1O. The summed E-state index contributed by atoms with van der Waals surface area (Å²) in [5, 5.41) is 72.9. The molecule has 0 bridgehead atoms. The van der Waals surface area contributed by atoms with Gasteiger partial charge in [-0.05, 0) is 5.56 Å². The minimum absolute atomic E-state index is 0.262. The van der Waals surface area contributed by atoms with Crippen LogP contribution < -0.4 is 0 Å². The third kappa shape index (κ3) is 8.02. The summed E-state index contributed by atoms with van der Waals surface area (Å²) in [7, 11) is -5.06. The largest absolute Gasteiger partial charge is 0.466 e. The summed E-state index contributed by atoms with van der Waals surface area (Å²) >= 11 is 0.548. The Morgan fingerprint density at radius 1 is 1.03 bits per heavy atom. The lowest BCUT2D eigenvalue weighted by Crippen LogP contribution is -2.57. The van der Waals surface area contributed by atoms with Crippen LogP contribution in [-0.4, -0.2) is 121 Å². The number of rotatable bonds is 9. The molecule has 2 saturated heterocycles. The third-order valence-electron chi connectivity index (χ3n) is 5.62. The van der Waals surface area contributed by atoms with E-state index in [0.29, 0.717) is 17.3 Å². The second-order valence-electron chi connectivity index (χ2n) is 8.29. The fourth-order valence-corrected chi connectivity index (χ4v) is 4.95. The smallest absolute Gasteiger partial charge is 0.394 e. The molecule has 1 aromatic carbocycles. The van der Waals surface area contributed by atoms with Crippen LogP contribution in [0.15, 0.2) is 35.5 Å². The van der Waals surface area contributed by atoms with Gasteiger partial charge in [-0.2, -0.15) is 8.42 Å². The molecule has 10 atom stereocenters. The van der Waals surface area contributed by atoms with Crippen molar-refractivity contribution in [3.8, 4) is 0 Å². The van der Waals surface area contributed by atoms with Crippen LogP contribution in [0.3, 0.4) is 0 Å². The maximum Gasteiger partial charge on any atom is 0.466 e. The van der Waals surface area contributed by atoms with Gasteiger partial charge in [0, 0.05) is 6.42 Å². The highest BCUT2D eigenvalue weighted by molar-refractivity contribution is 8.14. The van der Waals surface area contributed by atoms with E-state index in [2.05, 4.69) is 9.44 Å². The van der Waals surface area contributed by atoms with Crippen LogP contribution in [0.1, 0.15) is 18.1 Å². The van der Waals surface area contributed by atoms with Crippen molar-refractivity contribution in [2.75, 3.05) is 13.2 Å². The predicted molar refractivity (Wildman–Crippen MR) is 124 cm³/mol. The Kier molecular flexibility index (Phi) is 10.6. The lowest BCUT2D eigenvalue weighted by atomic mass is 10.0. The maximum atomic E-state index is 11.2. The minimum Gasteiger partial charge on any atom is -0.394 e. The first-order valence-electron chi connectivity index (χ1n) is 11.0. The van der Waals surface area contributed by atoms with Crippen molar-refractivity contribution in [1.29, 1.82) is 0 Å². The first-order chi connectivity index (χ1) is 17.4. The van der Waals surface area contributed by atoms with Gasteiger partial charge in [-0.15, -0.1) is 0 Å². The summed E-state index contributed by atoms with van der Waals surface area (Å²) in [5.74, 6) is 0. The van der Waals surface area contributed by atoms with E-state index >= 15 is 0 Å². The monoisotopic (exact) mass is 571 g/mol. The number of hydrogen-bond acceptors (Lipinski definition) is 15. The van der Waals surface area contributed by atoms with Crippen LogP contribution in [-0.2, 0) is 28.9 Å². The van der Waals surface area contributed by atoms with Gasteiger partial charge in [-0.25, -0.2) is 4.28 Å². The van der Waals surface area contributed by atoms with Crippen LogP contribution in [0.2, 0.25) is 0 Å². The molecule has 210 valence electrons. The molecule has 0 aromatic heterocycles. The molecule has 0 amide bonds. The molecular weight excluding hydrogens is 542 g/mol. The van der Waals surface area contributed by atoms with Gasteiger partial charge in [0.1, 0.15) is 53.2 Å². The van der Waals surface area contributed by atoms with Gasteiger partial charge in [0.05, 0.1) is 19.3 Å². The quantitative estimate of drug-likeness (QED) is 0.0647. The molecule has 0 unspecified atom stereocenters. The molecule has 15 nitrogen and oxygen atoms in total. The molecule has 0 radical (unpaired) electrons. The summed E-state index contributed by atoms with van der Waals surface area (Å²) < 4.78 is 52.0. The van der Waals surface area contributed by atoms with E-state index in [1.54, 1.807) is 30.3 Å². The summed E-state index contributed by atoms with van der Waals surface area (Å²) in [4.78, 5) is 0. The summed E-state index contributed by atoms with van der Waals surface area (Å²) in [6, 6.07) is 8.24. The number of ether oxygens (including phenoxy) is 3. The van der Waals surface area contributed by atoms with Gasteiger partial charge in [-0.3, -0.25) is 4.55 Å². The fraction of sp³-hybridized carbons (Fsp3) is 0.650. The Morgan fingerprint density at radius 3 is 2.32 bits per heavy atom. The van der Waals surface area contributed by atoms with Crippen molar-refractivity contribution in [3.05, 3.63) is 35.9 Å². The van der Waals surface area contributed by atoms with Crippen LogP contribution in [0.4, 0.5) is 0 Å². The average Bonchev–Trinajstić information content (AvgIpc) is 2.87. The molecule has 2 aliphatic rings.